The van der Waals surface area contributed by atoms with Crippen LogP contribution in [0.4, 0.5) is 0 Å². The summed E-state index contributed by atoms with van der Waals surface area (Å²) in [6, 6.07) is 1.96. The van der Waals surface area contributed by atoms with Crippen molar-refractivity contribution in [2.24, 2.45) is 0 Å². The van der Waals surface area contributed by atoms with E-state index in [0.29, 0.717) is 0 Å². The molecule has 2 heterocycles. The van der Waals surface area contributed by atoms with Crippen LogP contribution in [0, 0.1) is 6.92 Å². The van der Waals surface area contributed by atoms with Crippen LogP contribution >= 0.6 is 11.3 Å². The molecule has 14 heavy (non-hydrogen) atoms. The minimum Gasteiger partial charge on any atom is -0.469 e. The van der Waals surface area contributed by atoms with Crippen LogP contribution in [0.3, 0.4) is 0 Å². The van der Waals surface area contributed by atoms with E-state index in [4.69, 9.17) is 4.42 Å². The summed E-state index contributed by atoms with van der Waals surface area (Å²) in [6.45, 7) is 2.67. The van der Waals surface area contributed by atoms with Gasteiger partial charge in [0.15, 0.2) is 5.01 Å². The average molecular weight is 209 g/mol. The van der Waals surface area contributed by atoms with Crippen molar-refractivity contribution in [1.82, 2.24) is 15.5 Å². The lowest BCUT2D eigenvalue weighted by atomic mass is 10.3. The number of nitrogens with zero attached hydrogens (tertiary/aromatic N) is 2. The maximum Gasteiger partial charge on any atom is 0.151 e. The largest absolute Gasteiger partial charge is 0.469 e. The van der Waals surface area contributed by atoms with Crippen LogP contribution in [-0.2, 0) is 6.54 Å². The van der Waals surface area contributed by atoms with Crippen molar-refractivity contribution in [3.05, 3.63) is 23.1 Å². The van der Waals surface area contributed by atoms with Gasteiger partial charge in [-0.1, -0.05) is 11.3 Å². The van der Waals surface area contributed by atoms with Crippen molar-refractivity contribution in [1.29, 1.82) is 0 Å². The smallest absolute Gasteiger partial charge is 0.151 e. The molecule has 74 valence electrons. The lowest BCUT2D eigenvalue weighted by molar-refractivity contribution is 0.535. The summed E-state index contributed by atoms with van der Waals surface area (Å²) in [5, 5.41) is 13.1. The summed E-state index contributed by atoms with van der Waals surface area (Å²) < 4.78 is 5.21. The number of nitrogens with one attached hydrogen (secondary N) is 1. The average Bonchev–Trinajstić information content (AvgIpc) is 2.74. The fourth-order valence-electron chi connectivity index (χ4n) is 1.15. The molecule has 4 nitrogen and oxygen atoms in total. The highest BCUT2D eigenvalue weighted by Gasteiger charge is 2.07. The Morgan fingerprint density at radius 1 is 1.50 bits per heavy atom. The van der Waals surface area contributed by atoms with Gasteiger partial charge < -0.3 is 9.73 Å². The van der Waals surface area contributed by atoms with Crippen LogP contribution in [0.5, 0.6) is 0 Å². The Morgan fingerprint density at radius 2 is 2.36 bits per heavy atom. The second kappa shape index (κ2) is 3.89. The van der Waals surface area contributed by atoms with Gasteiger partial charge in [0.05, 0.1) is 5.56 Å². The molecule has 2 rings (SSSR count). The topological polar surface area (TPSA) is 51.0 Å². The lowest BCUT2D eigenvalue weighted by Crippen LogP contribution is -2.04. The quantitative estimate of drug-likeness (QED) is 0.837. The zero-order valence-electron chi connectivity index (χ0n) is 8.07. The van der Waals surface area contributed by atoms with Crippen LogP contribution < -0.4 is 5.32 Å². The number of hydrogen-bond acceptors (Lipinski definition) is 5. The van der Waals surface area contributed by atoms with Gasteiger partial charge in [-0.05, 0) is 20.0 Å². The van der Waals surface area contributed by atoms with Crippen LogP contribution in [0.1, 0.15) is 10.8 Å². The Bertz CT molecular complexity index is 421. The molecule has 0 unspecified atom stereocenters. The molecule has 0 saturated heterocycles. The van der Waals surface area contributed by atoms with Crippen molar-refractivity contribution >= 4 is 11.3 Å². The Morgan fingerprint density at radius 3 is 3.00 bits per heavy atom. The maximum absolute atomic E-state index is 5.21. The first-order valence-corrected chi connectivity index (χ1v) is 5.13. The van der Waals surface area contributed by atoms with Crippen molar-refractivity contribution in [3.8, 4) is 10.6 Å². The number of hydrogen-bond donors (Lipinski definition) is 1. The summed E-state index contributed by atoms with van der Waals surface area (Å²) in [5.41, 5.74) is 1.00. The molecule has 5 heteroatoms. The molecule has 1 N–H and O–H groups in total. The van der Waals surface area contributed by atoms with Gasteiger partial charge in [0.1, 0.15) is 17.0 Å². The van der Waals surface area contributed by atoms with E-state index in [1.807, 2.05) is 20.0 Å². The fraction of sp³-hybridized carbons (Fsp3) is 0.333. The molecule has 0 aliphatic rings. The zero-order valence-corrected chi connectivity index (χ0v) is 8.89. The van der Waals surface area contributed by atoms with Crippen LogP contribution in [0.2, 0.25) is 0 Å². The summed E-state index contributed by atoms with van der Waals surface area (Å²) in [4.78, 5) is 0. The predicted octanol–water partition coefficient (Wildman–Crippen LogP) is 1.83. The molecule has 0 amide bonds. The van der Waals surface area contributed by atoms with E-state index in [-0.39, 0.29) is 0 Å². The summed E-state index contributed by atoms with van der Waals surface area (Å²) in [5.74, 6) is 0.894. The lowest BCUT2D eigenvalue weighted by Gasteiger charge is -1.87. The Labute approximate surface area is 86.0 Å². The Hall–Kier alpha value is -1.20. The highest BCUT2D eigenvalue weighted by molar-refractivity contribution is 7.14. The molecule has 0 spiro atoms. The van der Waals surface area contributed by atoms with E-state index in [1.165, 1.54) is 0 Å². The first kappa shape index (κ1) is 9.36. The van der Waals surface area contributed by atoms with Crippen molar-refractivity contribution in [3.63, 3.8) is 0 Å². The monoisotopic (exact) mass is 209 g/mol. The summed E-state index contributed by atoms with van der Waals surface area (Å²) >= 11 is 1.58. The highest BCUT2D eigenvalue weighted by atomic mass is 32.1. The van der Waals surface area contributed by atoms with Gasteiger partial charge >= 0.3 is 0 Å². The molecule has 2 aromatic heterocycles. The molecule has 2 aromatic rings. The highest BCUT2D eigenvalue weighted by Crippen LogP contribution is 2.24. The normalized spacial score (nSPS) is 10.7. The molecular weight excluding hydrogens is 198 g/mol. The Kier molecular flexibility index (Phi) is 2.60. The molecule has 0 bridgehead atoms. The van der Waals surface area contributed by atoms with Crippen molar-refractivity contribution in [2.45, 2.75) is 13.5 Å². The van der Waals surface area contributed by atoms with Gasteiger partial charge in [0.2, 0.25) is 0 Å². The maximum atomic E-state index is 5.21. The van der Waals surface area contributed by atoms with E-state index in [0.717, 1.165) is 27.9 Å². The van der Waals surface area contributed by atoms with E-state index in [2.05, 4.69) is 15.5 Å². The minimum absolute atomic E-state index is 0.758. The van der Waals surface area contributed by atoms with Crippen molar-refractivity contribution in [2.75, 3.05) is 7.05 Å². The third-order valence-electron chi connectivity index (χ3n) is 1.77. The summed E-state index contributed by atoms with van der Waals surface area (Å²) in [7, 11) is 1.89. The number of furan rings is 1. The van der Waals surface area contributed by atoms with Crippen LogP contribution in [0.15, 0.2) is 16.7 Å². The molecule has 0 aliphatic carbocycles. The van der Waals surface area contributed by atoms with Gasteiger partial charge in [0.25, 0.3) is 0 Å². The third kappa shape index (κ3) is 1.83. The van der Waals surface area contributed by atoms with Crippen LogP contribution in [0.25, 0.3) is 10.6 Å². The first-order chi connectivity index (χ1) is 6.79. The van der Waals surface area contributed by atoms with Crippen molar-refractivity contribution < 1.29 is 4.42 Å². The van der Waals surface area contributed by atoms with Gasteiger partial charge in [-0.3, -0.25) is 0 Å². The minimum atomic E-state index is 0.758. The Balaban J connectivity index is 2.24. The molecule has 0 atom stereocenters. The molecule has 0 aliphatic heterocycles. The molecule has 0 saturated carbocycles. The molecular formula is C9H11N3OS. The van der Waals surface area contributed by atoms with Gasteiger partial charge in [-0.2, -0.15) is 0 Å². The second-order valence-electron chi connectivity index (χ2n) is 2.98. The first-order valence-electron chi connectivity index (χ1n) is 4.32. The number of rotatable bonds is 3. The standard InChI is InChI=1S/C9H11N3OS/c1-6-3-7(5-13-6)9-12-11-8(14-9)4-10-2/h3,5,10H,4H2,1-2H3. The predicted molar refractivity (Wildman–Crippen MR) is 55.1 cm³/mol. The van der Waals surface area contributed by atoms with E-state index in [9.17, 15) is 0 Å². The molecule has 0 aromatic carbocycles. The molecule has 0 radical (unpaired) electrons. The van der Waals surface area contributed by atoms with E-state index in [1.54, 1.807) is 17.6 Å². The van der Waals surface area contributed by atoms with Gasteiger partial charge in [-0.25, -0.2) is 0 Å². The fourth-order valence-corrected chi connectivity index (χ4v) is 1.98. The zero-order chi connectivity index (χ0) is 9.97. The number of aryl methyl sites for hydroxylation is 1. The third-order valence-corrected chi connectivity index (χ3v) is 2.74. The summed E-state index contributed by atoms with van der Waals surface area (Å²) in [6.07, 6.45) is 1.71. The second-order valence-corrected chi connectivity index (χ2v) is 4.04. The van der Waals surface area contributed by atoms with Crippen LogP contribution in [-0.4, -0.2) is 17.2 Å². The van der Waals surface area contributed by atoms with E-state index >= 15 is 0 Å². The van der Waals surface area contributed by atoms with E-state index < -0.39 is 0 Å². The SMILES string of the molecule is CNCc1nnc(-c2coc(C)c2)s1. The van der Waals surface area contributed by atoms with Gasteiger partial charge in [0, 0.05) is 6.54 Å². The number of aromatic nitrogens is 2. The molecule has 0 fully saturated rings. The van der Waals surface area contributed by atoms with Gasteiger partial charge in [-0.15, -0.1) is 10.2 Å².